The van der Waals surface area contributed by atoms with Crippen LogP contribution in [-0.2, 0) is 4.84 Å². The van der Waals surface area contributed by atoms with E-state index >= 15 is 0 Å². The van der Waals surface area contributed by atoms with E-state index in [-0.39, 0.29) is 13.0 Å². The lowest BCUT2D eigenvalue weighted by atomic mass is 10.0. The van der Waals surface area contributed by atoms with E-state index in [1.54, 1.807) is 24.3 Å². The molecule has 0 fully saturated rings. The summed E-state index contributed by atoms with van der Waals surface area (Å²) in [5, 5.41) is 21.8. The van der Waals surface area contributed by atoms with Crippen molar-refractivity contribution in [2.45, 2.75) is 18.6 Å². The normalized spacial score (nSPS) is 14.2. The molecule has 0 aliphatic heterocycles. The number of hydrogen-bond donors (Lipinski definition) is 2. The molecule has 2 N–H and O–H groups in total. The summed E-state index contributed by atoms with van der Waals surface area (Å²) in [7, 11) is 0. The Bertz CT molecular complexity index is 330. The van der Waals surface area contributed by atoms with Crippen LogP contribution < -0.4 is 0 Å². The van der Waals surface area contributed by atoms with E-state index in [1.165, 1.54) is 0 Å². The first-order chi connectivity index (χ1) is 7.63. The van der Waals surface area contributed by atoms with Crippen LogP contribution >= 0.6 is 11.6 Å². The zero-order chi connectivity index (χ0) is 12.0. The Balaban J connectivity index is 2.48. The van der Waals surface area contributed by atoms with Crippen LogP contribution in [0.5, 0.6) is 0 Å². The minimum atomic E-state index is -0.941. The summed E-state index contributed by atoms with van der Waals surface area (Å²) < 4.78 is 0. The molecule has 6 heteroatoms. The number of halogens is 1. The zero-order valence-electron chi connectivity index (χ0n) is 8.41. The smallest absolute Gasteiger partial charge is 0.155 e. The number of nitrogens with zero attached hydrogens (tertiary/aromatic N) is 1. The molecule has 0 aliphatic carbocycles. The highest BCUT2D eigenvalue weighted by Crippen LogP contribution is 2.20. The first-order valence-electron chi connectivity index (χ1n) is 4.69. The van der Waals surface area contributed by atoms with Crippen LogP contribution in [0.3, 0.4) is 0 Å². The lowest BCUT2D eigenvalue weighted by Crippen LogP contribution is -2.17. The molecule has 2 unspecified atom stereocenters. The van der Waals surface area contributed by atoms with Gasteiger partial charge in [0, 0.05) is 11.4 Å². The largest absolute Gasteiger partial charge is 0.389 e. The molecule has 2 atom stereocenters. The SMILES string of the molecule is O=NOCC(O)CC(O)c1ccc(Cl)cc1. The molecule has 1 aromatic carbocycles. The monoisotopic (exact) mass is 245 g/mol. The van der Waals surface area contributed by atoms with Gasteiger partial charge in [0.15, 0.2) is 5.34 Å². The highest BCUT2D eigenvalue weighted by molar-refractivity contribution is 6.30. The Labute approximate surface area is 97.5 Å². The van der Waals surface area contributed by atoms with E-state index in [9.17, 15) is 15.1 Å². The van der Waals surface area contributed by atoms with Gasteiger partial charge in [-0.2, -0.15) is 0 Å². The maximum atomic E-state index is 9.71. The molecule has 0 spiro atoms. The van der Waals surface area contributed by atoms with Gasteiger partial charge < -0.3 is 15.1 Å². The molecule has 0 amide bonds. The second-order valence-corrected chi connectivity index (χ2v) is 3.76. The van der Waals surface area contributed by atoms with Crippen LogP contribution in [-0.4, -0.2) is 22.9 Å². The summed E-state index contributed by atoms with van der Waals surface area (Å²) in [6.45, 7) is -0.228. The van der Waals surface area contributed by atoms with Gasteiger partial charge >= 0.3 is 0 Å². The van der Waals surface area contributed by atoms with Gasteiger partial charge in [-0.1, -0.05) is 23.7 Å². The second kappa shape index (κ2) is 6.42. The van der Waals surface area contributed by atoms with Gasteiger partial charge in [0.1, 0.15) is 6.61 Å². The molecular formula is C10H12ClNO4. The van der Waals surface area contributed by atoms with Crippen molar-refractivity contribution in [3.05, 3.63) is 39.8 Å². The number of benzene rings is 1. The van der Waals surface area contributed by atoms with Crippen molar-refractivity contribution in [2.75, 3.05) is 6.61 Å². The highest BCUT2D eigenvalue weighted by Gasteiger charge is 2.14. The Hall–Kier alpha value is -1.17. The maximum absolute atomic E-state index is 9.71. The molecule has 5 nitrogen and oxygen atoms in total. The molecular weight excluding hydrogens is 234 g/mol. The van der Waals surface area contributed by atoms with Crippen LogP contribution in [0.4, 0.5) is 0 Å². The summed E-state index contributed by atoms with van der Waals surface area (Å²) in [5.74, 6) is 0. The van der Waals surface area contributed by atoms with Gasteiger partial charge in [-0.25, -0.2) is 0 Å². The molecule has 0 aromatic heterocycles. The van der Waals surface area contributed by atoms with Crippen LogP contribution in [0.1, 0.15) is 18.1 Å². The number of hydrogen-bond acceptors (Lipinski definition) is 5. The van der Waals surface area contributed by atoms with Crippen molar-refractivity contribution in [2.24, 2.45) is 5.34 Å². The van der Waals surface area contributed by atoms with Gasteiger partial charge in [-0.15, -0.1) is 4.91 Å². The molecule has 0 heterocycles. The summed E-state index contributed by atoms with van der Waals surface area (Å²) in [5.41, 5.74) is 0.641. The lowest BCUT2D eigenvalue weighted by Gasteiger charge is -2.14. The molecule has 0 radical (unpaired) electrons. The number of aliphatic hydroxyl groups is 2. The molecule has 88 valence electrons. The van der Waals surface area contributed by atoms with Gasteiger partial charge in [0.25, 0.3) is 0 Å². The van der Waals surface area contributed by atoms with E-state index in [4.69, 9.17) is 11.6 Å². The second-order valence-electron chi connectivity index (χ2n) is 3.33. The molecule has 16 heavy (non-hydrogen) atoms. The average Bonchev–Trinajstić information content (AvgIpc) is 2.27. The van der Waals surface area contributed by atoms with Crippen molar-refractivity contribution < 1.29 is 15.1 Å². The van der Waals surface area contributed by atoms with Gasteiger partial charge in [-0.05, 0) is 17.7 Å². The zero-order valence-corrected chi connectivity index (χ0v) is 9.17. The molecule has 0 aliphatic rings. The predicted octanol–water partition coefficient (Wildman–Crippen LogP) is 1.82. The van der Waals surface area contributed by atoms with Crippen molar-refractivity contribution >= 4 is 11.6 Å². The quantitative estimate of drug-likeness (QED) is 0.592. The van der Waals surface area contributed by atoms with Gasteiger partial charge in [0.05, 0.1) is 12.2 Å². The number of aliphatic hydroxyl groups excluding tert-OH is 2. The topological polar surface area (TPSA) is 79.1 Å². The van der Waals surface area contributed by atoms with E-state index in [2.05, 4.69) is 10.2 Å². The van der Waals surface area contributed by atoms with Gasteiger partial charge in [-0.3, -0.25) is 0 Å². The third kappa shape index (κ3) is 4.14. The Morgan fingerprint density at radius 3 is 2.50 bits per heavy atom. The van der Waals surface area contributed by atoms with Crippen molar-refractivity contribution in [1.29, 1.82) is 0 Å². The minimum Gasteiger partial charge on any atom is -0.389 e. The van der Waals surface area contributed by atoms with Crippen LogP contribution in [0, 0.1) is 4.91 Å². The summed E-state index contributed by atoms with van der Waals surface area (Å²) >= 11 is 5.69. The van der Waals surface area contributed by atoms with Crippen LogP contribution in [0.25, 0.3) is 0 Å². The predicted molar refractivity (Wildman–Crippen MR) is 58.8 cm³/mol. The number of rotatable bonds is 6. The third-order valence-corrected chi connectivity index (χ3v) is 2.32. The van der Waals surface area contributed by atoms with Crippen molar-refractivity contribution in [3.8, 4) is 0 Å². The summed E-state index contributed by atoms with van der Waals surface area (Å²) in [6, 6.07) is 6.63. The first kappa shape index (κ1) is 12.9. The highest BCUT2D eigenvalue weighted by atomic mass is 35.5. The Kier molecular flexibility index (Phi) is 5.18. The van der Waals surface area contributed by atoms with E-state index in [1.807, 2.05) is 0 Å². The summed E-state index contributed by atoms with van der Waals surface area (Å²) in [6.07, 6.45) is -1.71. The Morgan fingerprint density at radius 1 is 1.31 bits per heavy atom. The molecule has 1 rings (SSSR count). The first-order valence-corrected chi connectivity index (χ1v) is 5.07. The van der Waals surface area contributed by atoms with Crippen LogP contribution in [0.2, 0.25) is 5.02 Å². The summed E-state index contributed by atoms with van der Waals surface area (Å²) in [4.78, 5) is 13.8. The fraction of sp³-hybridized carbons (Fsp3) is 0.400. The molecule has 0 saturated carbocycles. The van der Waals surface area contributed by atoms with E-state index in [0.717, 1.165) is 0 Å². The van der Waals surface area contributed by atoms with Crippen LogP contribution in [0.15, 0.2) is 29.6 Å². The fourth-order valence-electron chi connectivity index (χ4n) is 1.26. The van der Waals surface area contributed by atoms with E-state index in [0.29, 0.717) is 10.6 Å². The third-order valence-electron chi connectivity index (χ3n) is 2.07. The average molecular weight is 246 g/mol. The van der Waals surface area contributed by atoms with Gasteiger partial charge in [0.2, 0.25) is 0 Å². The van der Waals surface area contributed by atoms with E-state index < -0.39 is 12.2 Å². The molecule has 1 aromatic rings. The molecule has 0 saturated heterocycles. The fourth-order valence-corrected chi connectivity index (χ4v) is 1.39. The standard InChI is InChI=1S/C10H12ClNO4/c11-8-3-1-7(2-4-8)10(14)5-9(13)6-16-12-15/h1-4,9-10,13-14H,5-6H2. The van der Waals surface area contributed by atoms with Crippen molar-refractivity contribution in [1.82, 2.24) is 0 Å². The van der Waals surface area contributed by atoms with Crippen molar-refractivity contribution in [3.63, 3.8) is 0 Å². The molecule has 0 bridgehead atoms. The lowest BCUT2D eigenvalue weighted by molar-refractivity contribution is 0.00693. The minimum absolute atomic E-state index is 0.0666. The maximum Gasteiger partial charge on any atom is 0.155 e. The Morgan fingerprint density at radius 2 is 1.94 bits per heavy atom.